The maximum Gasteiger partial charge on any atom is 0.261 e. The van der Waals surface area contributed by atoms with Crippen molar-refractivity contribution in [2.45, 2.75) is 6.04 Å². The molecule has 0 radical (unpaired) electrons. The first-order valence-electron chi connectivity index (χ1n) is 7.73. The Morgan fingerprint density at radius 2 is 1.92 bits per heavy atom. The van der Waals surface area contributed by atoms with Crippen LogP contribution in [0.1, 0.15) is 21.3 Å². The molecule has 0 spiro atoms. The first-order valence-corrected chi connectivity index (χ1v) is 8.55. The van der Waals surface area contributed by atoms with Gasteiger partial charge in [0.2, 0.25) is 0 Å². The van der Waals surface area contributed by atoms with Gasteiger partial charge in [0.1, 0.15) is 5.82 Å². The third-order valence-electron chi connectivity index (χ3n) is 3.97. The molecule has 0 aliphatic carbocycles. The number of amides is 1. The molecule has 0 aliphatic rings. The highest BCUT2D eigenvalue weighted by molar-refractivity contribution is 7.20. The number of hydrogen-bond acceptors (Lipinski definition) is 3. The van der Waals surface area contributed by atoms with Gasteiger partial charge in [0.25, 0.3) is 5.91 Å². The van der Waals surface area contributed by atoms with Crippen LogP contribution in [0.25, 0.3) is 10.1 Å². The zero-order valence-corrected chi connectivity index (χ0v) is 14.4. The molecule has 1 atom stereocenters. The van der Waals surface area contributed by atoms with Crippen LogP contribution in [0.15, 0.2) is 54.6 Å². The number of halogens is 1. The lowest BCUT2D eigenvalue weighted by Gasteiger charge is -2.25. The second-order valence-electron chi connectivity index (χ2n) is 5.89. The van der Waals surface area contributed by atoms with Gasteiger partial charge in [0.05, 0.1) is 10.9 Å². The van der Waals surface area contributed by atoms with Crippen LogP contribution >= 0.6 is 11.3 Å². The number of nitrogens with zero attached hydrogens (tertiary/aromatic N) is 1. The lowest BCUT2D eigenvalue weighted by molar-refractivity contribution is 0.0946. The predicted octanol–water partition coefficient (Wildman–Crippen LogP) is 4.07. The molecule has 0 bridgehead atoms. The molecule has 0 saturated carbocycles. The third-order valence-corrected chi connectivity index (χ3v) is 5.08. The van der Waals surface area contributed by atoms with Crippen molar-refractivity contribution >= 4 is 27.3 Å². The Kier molecular flexibility index (Phi) is 4.92. The number of carbonyl (C=O) groups is 1. The van der Waals surface area contributed by atoms with Crippen LogP contribution < -0.4 is 5.32 Å². The van der Waals surface area contributed by atoms with Crippen molar-refractivity contribution in [2.75, 3.05) is 20.6 Å². The fraction of sp³-hybridized carbons (Fsp3) is 0.211. The molecule has 0 aliphatic heterocycles. The summed E-state index contributed by atoms with van der Waals surface area (Å²) >= 11 is 1.38. The first-order chi connectivity index (χ1) is 11.5. The molecule has 3 nitrogen and oxygen atoms in total. The van der Waals surface area contributed by atoms with Gasteiger partial charge in [-0.05, 0) is 49.3 Å². The van der Waals surface area contributed by atoms with Crippen molar-refractivity contribution in [3.05, 3.63) is 70.9 Å². The maximum absolute atomic E-state index is 13.3. The number of hydrogen-bond donors (Lipinski definition) is 1. The summed E-state index contributed by atoms with van der Waals surface area (Å²) in [7, 11) is 3.98. The number of fused-ring (bicyclic) bond motifs is 1. The van der Waals surface area contributed by atoms with Gasteiger partial charge >= 0.3 is 0 Å². The van der Waals surface area contributed by atoms with Gasteiger partial charge in [0, 0.05) is 11.2 Å². The van der Waals surface area contributed by atoms with Crippen molar-refractivity contribution in [3.63, 3.8) is 0 Å². The van der Waals surface area contributed by atoms with E-state index < -0.39 is 0 Å². The number of carbonyl (C=O) groups excluding carboxylic acids is 1. The third kappa shape index (κ3) is 3.63. The molecule has 1 N–H and O–H groups in total. The summed E-state index contributed by atoms with van der Waals surface area (Å²) in [5.74, 6) is -0.414. The lowest BCUT2D eigenvalue weighted by Crippen LogP contribution is -2.34. The lowest BCUT2D eigenvalue weighted by atomic mass is 10.1. The average Bonchev–Trinajstić information content (AvgIpc) is 2.98. The Balaban J connectivity index is 1.73. The van der Waals surface area contributed by atoms with Crippen LogP contribution in [-0.4, -0.2) is 31.4 Å². The van der Waals surface area contributed by atoms with Gasteiger partial charge in [-0.25, -0.2) is 4.39 Å². The Hall–Kier alpha value is -2.24. The fourth-order valence-corrected chi connectivity index (χ4v) is 3.64. The second-order valence-corrected chi connectivity index (χ2v) is 6.98. The Labute approximate surface area is 144 Å². The van der Waals surface area contributed by atoms with Gasteiger partial charge in [0.15, 0.2) is 0 Å². The van der Waals surface area contributed by atoms with Crippen LogP contribution in [0.2, 0.25) is 0 Å². The summed E-state index contributed by atoms with van der Waals surface area (Å²) in [6.45, 7) is 0.512. The van der Waals surface area contributed by atoms with Gasteiger partial charge in [-0.15, -0.1) is 11.3 Å². The van der Waals surface area contributed by atoms with E-state index >= 15 is 0 Å². The Morgan fingerprint density at radius 1 is 1.17 bits per heavy atom. The summed E-state index contributed by atoms with van der Waals surface area (Å²) in [6, 6.07) is 16.5. The van der Waals surface area contributed by atoms with Crippen molar-refractivity contribution in [3.8, 4) is 0 Å². The van der Waals surface area contributed by atoms with Crippen LogP contribution in [0.3, 0.4) is 0 Å². The van der Waals surface area contributed by atoms with Crippen LogP contribution in [0.4, 0.5) is 4.39 Å². The summed E-state index contributed by atoms with van der Waals surface area (Å²) < 4.78 is 14.2. The van der Waals surface area contributed by atoms with Crippen molar-refractivity contribution in [1.29, 1.82) is 0 Å². The van der Waals surface area contributed by atoms with Gasteiger partial charge in [-0.3, -0.25) is 4.79 Å². The molecular weight excluding hydrogens is 323 g/mol. The van der Waals surface area contributed by atoms with E-state index in [-0.39, 0.29) is 17.8 Å². The van der Waals surface area contributed by atoms with E-state index in [9.17, 15) is 9.18 Å². The number of rotatable bonds is 5. The van der Waals surface area contributed by atoms with Crippen molar-refractivity contribution in [1.82, 2.24) is 10.2 Å². The highest BCUT2D eigenvalue weighted by atomic mass is 32.1. The van der Waals surface area contributed by atoms with E-state index in [1.165, 1.54) is 23.5 Å². The number of likely N-dealkylation sites (N-methyl/N-ethyl adjacent to an activating group) is 1. The number of benzene rings is 2. The molecule has 1 aromatic heterocycles. The molecule has 124 valence electrons. The number of nitrogens with one attached hydrogen (secondary N) is 1. The van der Waals surface area contributed by atoms with Gasteiger partial charge in [-0.2, -0.15) is 0 Å². The molecule has 1 heterocycles. The average molecular weight is 342 g/mol. The molecule has 24 heavy (non-hydrogen) atoms. The maximum atomic E-state index is 13.3. The monoisotopic (exact) mass is 342 g/mol. The van der Waals surface area contributed by atoms with Gasteiger partial charge in [-0.1, -0.05) is 30.3 Å². The smallest absolute Gasteiger partial charge is 0.261 e. The van der Waals surface area contributed by atoms with Crippen LogP contribution in [-0.2, 0) is 0 Å². The van der Waals surface area contributed by atoms with E-state index in [0.717, 1.165) is 15.6 Å². The zero-order valence-electron chi connectivity index (χ0n) is 13.6. The molecule has 0 saturated heterocycles. The molecule has 0 fully saturated rings. The van der Waals surface area contributed by atoms with Crippen molar-refractivity contribution in [2.24, 2.45) is 0 Å². The molecule has 5 heteroatoms. The molecular formula is C19H19FN2OS. The minimum absolute atomic E-state index is 0.0990. The number of thiophene rings is 1. The predicted molar refractivity (Wildman–Crippen MR) is 97.0 cm³/mol. The SMILES string of the molecule is CN(C)[C@H](CNC(=O)c1cc2cc(F)ccc2s1)c1ccccc1. The van der Waals surface area contributed by atoms with E-state index in [4.69, 9.17) is 0 Å². The minimum Gasteiger partial charge on any atom is -0.349 e. The second kappa shape index (κ2) is 7.11. The highest BCUT2D eigenvalue weighted by Gasteiger charge is 2.17. The zero-order chi connectivity index (χ0) is 17.1. The first kappa shape index (κ1) is 16.6. The standard InChI is InChI=1S/C19H19FN2OS/c1-22(2)16(13-6-4-3-5-7-13)12-21-19(23)18-11-14-10-15(20)8-9-17(14)24-18/h3-11,16H,12H2,1-2H3,(H,21,23)/t16-/m1/s1. The van der Waals surface area contributed by atoms with E-state index in [2.05, 4.69) is 22.3 Å². The summed E-state index contributed by atoms with van der Waals surface area (Å²) in [5, 5.41) is 3.75. The summed E-state index contributed by atoms with van der Waals surface area (Å²) in [4.78, 5) is 15.1. The fourth-order valence-electron chi connectivity index (χ4n) is 2.68. The molecule has 2 aromatic carbocycles. The molecule has 0 unspecified atom stereocenters. The highest BCUT2D eigenvalue weighted by Crippen LogP contribution is 2.26. The van der Waals surface area contributed by atoms with Crippen LogP contribution in [0, 0.1) is 5.82 Å². The quantitative estimate of drug-likeness (QED) is 0.758. The van der Waals surface area contributed by atoms with E-state index in [0.29, 0.717) is 11.4 Å². The largest absolute Gasteiger partial charge is 0.349 e. The topological polar surface area (TPSA) is 32.3 Å². The molecule has 3 rings (SSSR count). The Bertz CT molecular complexity index is 845. The van der Waals surface area contributed by atoms with E-state index in [1.807, 2.05) is 32.3 Å². The normalized spacial score (nSPS) is 12.5. The van der Waals surface area contributed by atoms with Crippen molar-refractivity contribution < 1.29 is 9.18 Å². The van der Waals surface area contributed by atoms with Crippen LogP contribution in [0.5, 0.6) is 0 Å². The molecule has 3 aromatic rings. The summed E-state index contributed by atoms with van der Waals surface area (Å²) in [6.07, 6.45) is 0. The van der Waals surface area contributed by atoms with E-state index in [1.54, 1.807) is 12.1 Å². The van der Waals surface area contributed by atoms with Gasteiger partial charge < -0.3 is 10.2 Å². The molecule has 1 amide bonds. The Morgan fingerprint density at radius 3 is 2.62 bits per heavy atom. The minimum atomic E-state index is -0.288. The summed E-state index contributed by atoms with van der Waals surface area (Å²) in [5.41, 5.74) is 1.15.